The molecule has 1 saturated heterocycles. The maximum Gasteiger partial charge on any atom is 0.260 e. The normalized spacial score (nSPS) is 18.0. The number of pyridine rings is 1. The number of fused-ring (bicyclic) bond motifs is 1. The summed E-state index contributed by atoms with van der Waals surface area (Å²) in [5, 5.41) is 22.3. The number of nitrogen functional groups attached to an aromatic ring is 1. The van der Waals surface area contributed by atoms with Crippen molar-refractivity contribution in [2.24, 2.45) is 0 Å². The number of ether oxygens (including phenoxy) is 1. The fourth-order valence-electron chi connectivity index (χ4n) is 3.81. The van der Waals surface area contributed by atoms with Crippen molar-refractivity contribution in [1.29, 1.82) is 0 Å². The second-order valence-corrected chi connectivity index (χ2v) is 8.47. The van der Waals surface area contributed by atoms with Crippen molar-refractivity contribution in [3.05, 3.63) is 53.9 Å². The maximum atomic E-state index is 13.3. The number of aliphatic hydroxyl groups is 1. The number of aromatic nitrogens is 4. The molecule has 4 aromatic rings. The molecule has 2 amide bonds. The first-order chi connectivity index (χ1) is 16.8. The van der Waals surface area contributed by atoms with Gasteiger partial charge < -0.3 is 25.4 Å². The molecule has 0 bridgehead atoms. The molecular weight excluding hydrogens is 478 g/mol. The van der Waals surface area contributed by atoms with E-state index in [9.17, 15) is 14.7 Å². The van der Waals surface area contributed by atoms with E-state index in [0.29, 0.717) is 11.2 Å². The highest BCUT2D eigenvalue weighted by atomic mass is 35.5. The van der Waals surface area contributed by atoms with Gasteiger partial charge in [-0.1, -0.05) is 16.8 Å². The molecule has 35 heavy (non-hydrogen) atoms. The van der Waals surface area contributed by atoms with Gasteiger partial charge in [0.15, 0.2) is 28.9 Å². The zero-order chi connectivity index (χ0) is 24.7. The highest BCUT2D eigenvalue weighted by Crippen LogP contribution is 2.32. The number of halogens is 1. The number of carbonyl (C=O) groups excluding carboxylic acids is 2. The highest BCUT2D eigenvalue weighted by molar-refractivity contribution is 6.36. The van der Waals surface area contributed by atoms with Gasteiger partial charge in [-0.2, -0.15) is 0 Å². The van der Waals surface area contributed by atoms with Gasteiger partial charge in [-0.25, -0.2) is 4.68 Å². The Morgan fingerprint density at radius 1 is 1.31 bits per heavy atom. The number of nitrogens with zero attached hydrogens (tertiary/aromatic N) is 5. The van der Waals surface area contributed by atoms with Gasteiger partial charge in [-0.05, 0) is 25.1 Å². The Labute approximate surface area is 203 Å². The lowest BCUT2D eigenvalue weighted by Crippen LogP contribution is -2.61. The SMILES string of the molecule is CC(O)(C(=O)Nc1cc(Cl)c2c(N)noc2c1)[C@H]1OCCN(c2ccn(-c3ccncc3)n2)C1=O. The van der Waals surface area contributed by atoms with Crippen LogP contribution in [0.2, 0.25) is 5.02 Å². The highest BCUT2D eigenvalue weighted by Gasteiger charge is 2.49. The summed E-state index contributed by atoms with van der Waals surface area (Å²) >= 11 is 6.22. The van der Waals surface area contributed by atoms with Gasteiger partial charge >= 0.3 is 0 Å². The number of carbonyl (C=O) groups is 2. The largest absolute Gasteiger partial charge is 0.380 e. The van der Waals surface area contributed by atoms with Crippen molar-refractivity contribution < 1.29 is 24.0 Å². The molecule has 1 fully saturated rings. The Morgan fingerprint density at radius 3 is 2.86 bits per heavy atom. The lowest BCUT2D eigenvalue weighted by Gasteiger charge is -2.37. The molecule has 4 N–H and O–H groups in total. The Morgan fingerprint density at radius 2 is 2.09 bits per heavy atom. The van der Waals surface area contributed by atoms with E-state index in [4.69, 9.17) is 26.6 Å². The molecule has 1 aliphatic rings. The number of anilines is 3. The quantitative estimate of drug-likeness (QED) is 0.373. The molecule has 3 aromatic heterocycles. The van der Waals surface area contributed by atoms with Crippen LogP contribution in [0.3, 0.4) is 0 Å². The molecule has 12 nitrogen and oxygen atoms in total. The Bertz CT molecular complexity index is 1420. The average molecular weight is 498 g/mol. The van der Waals surface area contributed by atoms with Crippen LogP contribution in [-0.4, -0.2) is 61.7 Å². The summed E-state index contributed by atoms with van der Waals surface area (Å²) in [6.45, 7) is 1.51. The molecule has 1 aliphatic heterocycles. The third kappa shape index (κ3) is 4.07. The maximum absolute atomic E-state index is 13.3. The van der Waals surface area contributed by atoms with Crippen LogP contribution in [0, 0.1) is 0 Å². The van der Waals surface area contributed by atoms with E-state index >= 15 is 0 Å². The third-order valence-corrected chi connectivity index (χ3v) is 5.95. The van der Waals surface area contributed by atoms with E-state index in [0.717, 1.165) is 5.69 Å². The lowest BCUT2D eigenvalue weighted by atomic mass is 9.95. The van der Waals surface area contributed by atoms with Gasteiger partial charge in [0, 0.05) is 36.4 Å². The molecule has 5 rings (SSSR count). The summed E-state index contributed by atoms with van der Waals surface area (Å²) in [6.07, 6.45) is 3.49. The summed E-state index contributed by atoms with van der Waals surface area (Å²) < 4.78 is 12.2. The molecule has 0 spiro atoms. The first kappa shape index (κ1) is 22.8. The lowest BCUT2D eigenvalue weighted by molar-refractivity contribution is -0.165. The molecule has 0 aliphatic carbocycles. The van der Waals surface area contributed by atoms with Crippen LogP contribution >= 0.6 is 11.6 Å². The third-order valence-electron chi connectivity index (χ3n) is 5.65. The minimum atomic E-state index is -2.22. The van der Waals surface area contributed by atoms with Crippen LogP contribution in [0.15, 0.2) is 53.4 Å². The number of hydrogen-bond acceptors (Lipinski definition) is 9. The van der Waals surface area contributed by atoms with Crippen LogP contribution in [0.4, 0.5) is 17.3 Å². The van der Waals surface area contributed by atoms with Gasteiger partial charge in [-0.3, -0.25) is 19.5 Å². The summed E-state index contributed by atoms with van der Waals surface area (Å²) in [5.74, 6) is -1.00. The summed E-state index contributed by atoms with van der Waals surface area (Å²) in [4.78, 5) is 31.6. The van der Waals surface area contributed by atoms with Crippen molar-refractivity contribution in [1.82, 2.24) is 19.9 Å². The molecule has 4 heterocycles. The van der Waals surface area contributed by atoms with Gasteiger partial charge in [0.2, 0.25) is 0 Å². The van der Waals surface area contributed by atoms with Crippen LogP contribution in [0.5, 0.6) is 0 Å². The molecule has 0 saturated carbocycles. The van der Waals surface area contributed by atoms with Crippen LogP contribution in [0.25, 0.3) is 16.7 Å². The number of hydrogen-bond donors (Lipinski definition) is 3. The Hall–Kier alpha value is -4.00. The molecule has 1 unspecified atom stereocenters. The minimum absolute atomic E-state index is 0.0943. The number of rotatable bonds is 5. The number of nitrogens with two attached hydrogens (primary N) is 1. The molecular formula is C22H20ClN7O5. The first-order valence-corrected chi connectivity index (χ1v) is 10.9. The molecule has 0 radical (unpaired) electrons. The molecule has 1 aromatic carbocycles. The fraction of sp³-hybridized carbons (Fsp3) is 0.227. The number of benzene rings is 1. The predicted molar refractivity (Wildman–Crippen MR) is 126 cm³/mol. The first-order valence-electron chi connectivity index (χ1n) is 10.5. The van der Waals surface area contributed by atoms with Crippen molar-refractivity contribution in [3.8, 4) is 5.69 Å². The summed E-state index contributed by atoms with van der Waals surface area (Å²) in [5.41, 5.74) is 4.75. The predicted octanol–water partition coefficient (Wildman–Crippen LogP) is 1.77. The molecule has 13 heteroatoms. The van der Waals surface area contributed by atoms with E-state index in [1.54, 1.807) is 41.5 Å². The smallest absolute Gasteiger partial charge is 0.260 e. The van der Waals surface area contributed by atoms with Crippen molar-refractivity contribution in [2.45, 2.75) is 18.6 Å². The van der Waals surface area contributed by atoms with Gasteiger partial charge in [0.1, 0.15) is 0 Å². The van der Waals surface area contributed by atoms with Gasteiger partial charge in [-0.15, -0.1) is 5.10 Å². The van der Waals surface area contributed by atoms with Gasteiger partial charge in [0.05, 0.1) is 29.2 Å². The number of morpholine rings is 1. The van der Waals surface area contributed by atoms with Crippen molar-refractivity contribution in [3.63, 3.8) is 0 Å². The van der Waals surface area contributed by atoms with E-state index in [1.807, 2.05) is 0 Å². The molecule has 2 atom stereocenters. The van der Waals surface area contributed by atoms with Crippen molar-refractivity contribution >= 4 is 51.7 Å². The number of amides is 2. The summed E-state index contributed by atoms with van der Waals surface area (Å²) in [7, 11) is 0. The van der Waals surface area contributed by atoms with Gasteiger partial charge in [0.25, 0.3) is 11.8 Å². The van der Waals surface area contributed by atoms with E-state index in [1.165, 1.54) is 24.0 Å². The van der Waals surface area contributed by atoms with E-state index in [2.05, 4.69) is 20.6 Å². The zero-order valence-corrected chi connectivity index (χ0v) is 19.1. The summed E-state index contributed by atoms with van der Waals surface area (Å²) in [6, 6.07) is 8.10. The van der Waals surface area contributed by atoms with E-state index < -0.39 is 23.5 Å². The number of nitrogens with one attached hydrogen (secondary N) is 1. The zero-order valence-electron chi connectivity index (χ0n) is 18.4. The minimum Gasteiger partial charge on any atom is -0.380 e. The standard InChI is InChI=1S/C22H20ClN7O5/c1-22(33,21(32)26-12-10-14(23)17-15(11-12)35-28-19(17)24)18-20(31)29(8-9-34-18)16-4-7-30(27-16)13-2-5-25-6-3-13/h2-7,10-11,18,33H,8-9H2,1H3,(H2,24,28)(H,26,32)/t18-,22?/m0/s1. The van der Waals surface area contributed by atoms with E-state index in [-0.39, 0.29) is 35.3 Å². The second-order valence-electron chi connectivity index (χ2n) is 8.07. The van der Waals surface area contributed by atoms with Crippen molar-refractivity contribution in [2.75, 3.05) is 29.1 Å². The second kappa shape index (κ2) is 8.65. The fourth-order valence-corrected chi connectivity index (χ4v) is 4.12. The topological polar surface area (TPSA) is 162 Å². The molecule has 180 valence electrons. The van der Waals surface area contributed by atoms with Crippen LogP contribution in [0.1, 0.15) is 6.92 Å². The Balaban J connectivity index is 1.35. The van der Waals surface area contributed by atoms with Crippen LogP contribution in [-0.2, 0) is 14.3 Å². The Kier molecular flexibility index (Phi) is 5.63. The monoisotopic (exact) mass is 497 g/mol. The average Bonchev–Trinajstić information content (AvgIpc) is 3.47. The van der Waals surface area contributed by atoms with Crippen LogP contribution < -0.4 is 16.0 Å².